The van der Waals surface area contributed by atoms with Gasteiger partial charge in [0, 0.05) is 10.9 Å². The van der Waals surface area contributed by atoms with E-state index in [0.717, 1.165) is 10.9 Å². The number of para-hydroxylation sites is 1. The standard InChI is InChI=1S/C23H23NO5/c1-23(2,3)17-10-8-15(9-11-17)22(27)24-13-21(26)28-14-18(25)20-12-16-6-4-5-7-19(16)29-20/h4-12H,13-14H2,1-3H3,(H,24,27). The van der Waals surface area contributed by atoms with Crippen LogP contribution in [0.1, 0.15) is 47.2 Å². The average Bonchev–Trinajstić information content (AvgIpc) is 3.14. The number of furan rings is 1. The van der Waals surface area contributed by atoms with Crippen LogP contribution < -0.4 is 5.32 Å². The number of esters is 1. The van der Waals surface area contributed by atoms with Crippen LogP contribution in [0.3, 0.4) is 0 Å². The van der Waals surface area contributed by atoms with E-state index in [2.05, 4.69) is 26.1 Å². The van der Waals surface area contributed by atoms with Gasteiger partial charge in [0.2, 0.25) is 5.78 Å². The normalized spacial score (nSPS) is 11.3. The van der Waals surface area contributed by atoms with E-state index in [1.54, 1.807) is 30.3 Å². The van der Waals surface area contributed by atoms with Crippen molar-refractivity contribution in [1.29, 1.82) is 0 Å². The molecule has 3 rings (SSSR count). The van der Waals surface area contributed by atoms with E-state index in [1.807, 2.05) is 24.3 Å². The Morgan fingerprint density at radius 2 is 1.69 bits per heavy atom. The number of fused-ring (bicyclic) bond motifs is 1. The lowest BCUT2D eigenvalue weighted by Crippen LogP contribution is -2.31. The maximum atomic E-state index is 12.2. The van der Waals surface area contributed by atoms with Gasteiger partial charge in [0.05, 0.1) is 0 Å². The highest BCUT2D eigenvalue weighted by atomic mass is 16.5. The molecule has 1 heterocycles. The van der Waals surface area contributed by atoms with Crippen molar-refractivity contribution in [3.8, 4) is 0 Å². The summed E-state index contributed by atoms with van der Waals surface area (Å²) in [4.78, 5) is 36.2. The first kappa shape index (κ1) is 20.3. The topological polar surface area (TPSA) is 85.6 Å². The Balaban J connectivity index is 1.48. The number of hydrogen-bond donors (Lipinski definition) is 1. The fraction of sp³-hybridized carbons (Fsp3) is 0.261. The Kier molecular flexibility index (Phi) is 5.82. The number of nitrogens with one attached hydrogen (secondary N) is 1. The Bertz CT molecular complexity index is 1010. The number of hydrogen-bond acceptors (Lipinski definition) is 5. The molecule has 0 spiro atoms. The maximum Gasteiger partial charge on any atom is 0.325 e. The predicted octanol–water partition coefficient (Wildman–Crippen LogP) is 3.89. The van der Waals surface area contributed by atoms with Crippen LogP contribution in [0.15, 0.2) is 59.0 Å². The van der Waals surface area contributed by atoms with Crippen molar-refractivity contribution in [2.75, 3.05) is 13.2 Å². The van der Waals surface area contributed by atoms with Crippen molar-refractivity contribution in [3.05, 3.63) is 71.5 Å². The summed E-state index contributed by atoms with van der Waals surface area (Å²) in [6.45, 7) is 5.49. The zero-order valence-corrected chi connectivity index (χ0v) is 16.7. The molecule has 0 bridgehead atoms. The average molecular weight is 393 g/mol. The molecule has 0 saturated heterocycles. The summed E-state index contributed by atoms with van der Waals surface area (Å²) in [7, 11) is 0. The summed E-state index contributed by atoms with van der Waals surface area (Å²) in [5.41, 5.74) is 2.14. The van der Waals surface area contributed by atoms with E-state index in [4.69, 9.17) is 9.15 Å². The van der Waals surface area contributed by atoms with Gasteiger partial charge < -0.3 is 14.5 Å². The first-order valence-corrected chi connectivity index (χ1v) is 9.30. The van der Waals surface area contributed by atoms with Gasteiger partial charge in [0.15, 0.2) is 12.4 Å². The summed E-state index contributed by atoms with van der Waals surface area (Å²) < 4.78 is 10.4. The molecule has 0 atom stereocenters. The molecule has 0 saturated carbocycles. The molecule has 0 unspecified atom stereocenters. The van der Waals surface area contributed by atoms with Crippen LogP contribution >= 0.6 is 0 Å². The highest BCUT2D eigenvalue weighted by Gasteiger charge is 2.17. The van der Waals surface area contributed by atoms with Crippen molar-refractivity contribution in [1.82, 2.24) is 5.32 Å². The Morgan fingerprint density at radius 3 is 2.34 bits per heavy atom. The zero-order valence-electron chi connectivity index (χ0n) is 16.7. The predicted molar refractivity (Wildman–Crippen MR) is 109 cm³/mol. The smallest absolute Gasteiger partial charge is 0.325 e. The first-order valence-electron chi connectivity index (χ1n) is 9.30. The number of Topliss-reactive ketones (excluding diaryl/α,β-unsaturated/α-hetero) is 1. The number of amides is 1. The highest BCUT2D eigenvalue weighted by Crippen LogP contribution is 2.22. The van der Waals surface area contributed by atoms with Crippen LogP contribution in [-0.4, -0.2) is 30.8 Å². The Morgan fingerprint density at radius 1 is 1.00 bits per heavy atom. The third kappa shape index (κ3) is 5.10. The summed E-state index contributed by atoms with van der Waals surface area (Å²) in [6, 6.07) is 16.0. The van der Waals surface area contributed by atoms with Gasteiger partial charge in [-0.2, -0.15) is 0 Å². The first-order chi connectivity index (χ1) is 13.7. The van der Waals surface area contributed by atoms with Crippen molar-refractivity contribution < 1.29 is 23.5 Å². The van der Waals surface area contributed by atoms with Crippen molar-refractivity contribution in [3.63, 3.8) is 0 Å². The molecule has 1 aromatic heterocycles. The molecule has 0 radical (unpaired) electrons. The summed E-state index contributed by atoms with van der Waals surface area (Å²) in [6.07, 6.45) is 0. The second kappa shape index (κ2) is 8.31. The summed E-state index contributed by atoms with van der Waals surface area (Å²) >= 11 is 0. The minimum Gasteiger partial charge on any atom is -0.456 e. The number of ether oxygens (including phenoxy) is 1. The molecule has 150 valence electrons. The molecule has 6 nitrogen and oxygen atoms in total. The maximum absolute atomic E-state index is 12.2. The largest absolute Gasteiger partial charge is 0.456 e. The molecule has 0 fully saturated rings. The van der Waals surface area contributed by atoms with Gasteiger partial charge >= 0.3 is 5.97 Å². The van der Waals surface area contributed by atoms with Gasteiger partial charge in [0.1, 0.15) is 12.1 Å². The molecule has 0 aliphatic carbocycles. The lowest BCUT2D eigenvalue weighted by atomic mass is 9.87. The SMILES string of the molecule is CC(C)(C)c1ccc(C(=O)NCC(=O)OCC(=O)c2cc3ccccc3o2)cc1. The highest BCUT2D eigenvalue weighted by molar-refractivity contribution is 5.99. The number of ketones is 1. The van der Waals surface area contributed by atoms with Crippen LogP contribution in [0, 0.1) is 0 Å². The fourth-order valence-electron chi connectivity index (χ4n) is 2.76. The molecule has 2 aromatic carbocycles. The number of rotatable bonds is 6. The number of carbonyl (C=O) groups is 3. The Labute approximate surface area is 168 Å². The van der Waals surface area contributed by atoms with E-state index in [-0.39, 0.29) is 23.6 Å². The van der Waals surface area contributed by atoms with Gasteiger partial charge in [-0.15, -0.1) is 0 Å². The van der Waals surface area contributed by atoms with Crippen molar-refractivity contribution in [2.45, 2.75) is 26.2 Å². The molecule has 1 N–H and O–H groups in total. The minimum absolute atomic E-state index is 0.00874. The van der Waals surface area contributed by atoms with Crippen LogP contribution in [0.2, 0.25) is 0 Å². The quantitative estimate of drug-likeness (QED) is 0.507. The molecule has 29 heavy (non-hydrogen) atoms. The van der Waals surface area contributed by atoms with Crippen LogP contribution in [-0.2, 0) is 14.9 Å². The van der Waals surface area contributed by atoms with E-state index >= 15 is 0 Å². The van der Waals surface area contributed by atoms with Crippen molar-refractivity contribution in [2.24, 2.45) is 0 Å². The molecular formula is C23H23NO5. The van der Waals surface area contributed by atoms with Crippen LogP contribution in [0.25, 0.3) is 11.0 Å². The minimum atomic E-state index is -0.700. The summed E-state index contributed by atoms with van der Waals surface area (Å²) in [5, 5.41) is 3.29. The monoisotopic (exact) mass is 393 g/mol. The second-order valence-corrected chi connectivity index (χ2v) is 7.74. The molecular weight excluding hydrogens is 370 g/mol. The number of benzene rings is 2. The fourth-order valence-corrected chi connectivity index (χ4v) is 2.76. The van der Waals surface area contributed by atoms with E-state index in [1.165, 1.54) is 0 Å². The van der Waals surface area contributed by atoms with Crippen LogP contribution in [0.5, 0.6) is 0 Å². The molecule has 0 aliphatic rings. The molecule has 3 aromatic rings. The van der Waals surface area contributed by atoms with E-state index in [9.17, 15) is 14.4 Å². The Hall–Kier alpha value is -3.41. The zero-order chi connectivity index (χ0) is 21.0. The van der Waals surface area contributed by atoms with E-state index < -0.39 is 18.4 Å². The van der Waals surface area contributed by atoms with Gasteiger partial charge in [-0.05, 0) is 35.2 Å². The molecule has 0 aliphatic heterocycles. The lowest BCUT2D eigenvalue weighted by molar-refractivity contribution is -0.141. The molecule has 1 amide bonds. The summed E-state index contributed by atoms with van der Waals surface area (Å²) in [5.74, 6) is -1.40. The number of carbonyl (C=O) groups excluding carboxylic acids is 3. The lowest BCUT2D eigenvalue weighted by Gasteiger charge is -2.19. The third-order valence-corrected chi connectivity index (χ3v) is 4.47. The van der Waals surface area contributed by atoms with Gasteiger partial charge in [0.25, 0.3) is 5.91 Å². The van der Waals surface area contributed by atoms with Crippen LogP contribution in [0.4, 0.5) is 0 Å². The second-order valence-electron chi connectivity index (χ2n) is 7.74. The molecule has 6 heteroatoms. The van der Waals surface area contributed by atoms with Crippen molar-refractivity contribution >= 4 is 28.6 Å². The van der Waals surface area contributed by atoms with Gasteiger partial charge in [-0.1, -0.05) is 51.1 Å². The van der Waals surface area contributed by atoms with Gasteiger partial charge in [-0.3, -0.25) is 14.4 Å². The van der Waals surface area contributed by atoms with E-state index in [0.29, 0.717) is 11.1 Å². The van der Waals surface area contributed by atoms with Gasteiger partial charge in [-0.25, -0.2) is 0 Å². The third-order valence-electron chi connectivity index (χ3n) is 4.47.